The van der Waals surface area contributed by atoms with Crippen LogP contribution in [0.5, 0.6) is 0 Å². The van der Waals surface area contributed by atoms with Crippen molar-refractivity contribution in [3.63, 3.8) is 0 Å². The van der Waals surface area contributed by atoms with E-state index in [0.29, 0.717) is 0 Å². The van der Waals surface area contributed by atoms with E-state index in [0.717, 1.165) is 6.42 Å². The van der Waals surface area contributed by atoms with Gasteiger partial charge in [0.05, 0.1) is 6.10 Å². The number of aliphatic hydroxyl groups excluding tert-OH is 1. The van der Waals surface area contributed by atoms with Gasteiger partial charge in [-0.1, -0.05) is 19.6 Å². The van der Waals surface area contributed by atoms with Crippen LogP contribution in [0.15, 0.2) is 0 Å². The van der Waals surface area contributed by atoms with Gasteiger partial charge in [-0.05, 0) is 27.2 Å². The maximum absolute atomic E-state index is 9.26. The van der Waals surface area contributed by atoms with Crippen LogP contribution < -0.4 is 0 Å². The highest BCUT2D eigenvalue weighted by atomic mass is 28.3. The molecule has 0 aliphatic carbocycles. The topological polar surface area (TPSA) is 20.2 Å². The molecule has 0 aromatic carbocycles. The fourth-order valence-electron chi connectivity index (χ4n) is 1.15. The Morgan fingerprint density at radius 1 is 1.31 bits per heavy atom. The normalized spacial score (nSPS) is 14.7. The third-order valence-corrected chi connectivity index (χ3v) is 2.46. The number of rotatable bonds is 2. The molecule has 0 aromatic rings. The molecule has 0 saturated carbocycles. The molecule has 76 valence electrons. The van der Waals surface area contributed by atoms with Crippen LogP contribution >= 0.6 is 0 Å². The standard InChI is InChI=1S/C11H22OSi/c1-10(12)9-11(2,3)7-8-13(4,5)6/h10,12H,9H2,1-6H3. The minimum atomic E-state index is -1.26. The molecule has 1 N–H and O–H groups in total. The zero-order valence-electron chi connectivity index (χ0n) is 9.73. The van der Waals surface area contributed by atoms with E-state index in [1.165, 1.54) is 0 Å². The second-order valence-corrected chi connectivity index (χ2v) is 10.2. The van der Waals surface area contributed by atoms with Gasteiger partial charge in [-0.25, -0.2) is 0 Å². The van der Waals surface area contributed by atoms with Crippen LogP contribution in [0.1, 0.15) is 27.2 Å². The van der Waals surface area contributed by atoms with Crippen molar-refractivity contribution in [3.05, 3.63) is 0 Å². The molecule has 1 atom stereocenters. The second kappa shape index (κ2) is 4.30. The third-order valence-electron chi connectivity index (χ3n) is 1.58. The Kier molecular flexibility index (Phi) is 4.21. The van der Waals surface area contributed by atoms with E-state index in [4.69, 9.17) is 0 Å². The number of hydrogen-bond acceptors (Lipinski definition) is 1. The minimum Gasteiger partial charge on any atom is -0.393 e. The van der Waals surface area contributed by atoms with Crippen LogP contribution in [0.25, 0.3) is 0 Å². The Morgan fingerprint density at radius 3 is 2.08 bits per heavy atom. The first-order valence-corrected chi connectivity index (χ1v) is 8.35. The lowest BCUT2D eigenvalue weighted by atomic mass is 9.88. The first-order valence-electron chi connectivity index (χ1n) is 4.85. The van der Waals surface area contributed by atoms with Crippen LogP contribution in [0.4, 0.5) is 0 Å². The average Bonchev–Trinajstić information content (AvgIpc) is 1.79. The van der Waals surface area contributed by atoms with Crippen molar-refractivity contribution in [2.75, 3.05) is 0 Å². The van der Waals surface area contributed by atoms with E-state index < -0.39 is 8.07 Å². The molecular formula is C11H22OSi. The van der Waals surface area contributed by atoms with Gasteiger partial charge in [0, 0.05) is 5.41 Å². The van der Waals surface area contributed by atoms with Gasteiger partial charge in [-0.15, -0.1) is 11.5 Å². The summed E-state index contributed by atoms with van der Waals surface area (Å²) in [5, 5.41) is 9.26. The number of hydrogen-bond donors (Lipinski definition) is 1. The molecule has 2 heteroatoms. The van der Waals surface area contributed by atoms with Crippen molar-refractivity contribution in [1.29, 1.82) is 0 Å². The van der Waals surface area contributed by atoms with E-state index in [1.54, 1.807) is 0 Å². The van der Waals surface area contributed by atoms with Crippen LogP contribution in [0.3, 0.4) is 0 Å². The highest BCUT2D eigenvalue weighted by molar-refractivity contribution is 6.83. The summed E-state index contributed by atoms with van der Waals surface area (Å²) < 4.78 is 0. The second-order valence-electron chi connectivity index (χ2n) is 5.44. The predicted octanol–water partition coefficient (Wildman–Crippen LogP) is 2.66. The Hall–Kier alpha value is -0.263. The lowest BCUT2D eigenvalue weighted by molar-refractivity contribution is 0.151. The Labute approximate surface area is 83.6 Å². The highest BCUT2D eigenvalue weighted by Crippen LogP contribution is 2.21. The molecule has 13 heavy (non-hydrogen) atoms. The predicted molar refractivity (Wildman–Crippen MR) is 61.2 cm³/mol. The Bertz CT molecular complexity index is 212. The molecule has 1 unspecified atom stereocenters. The van der Waals surface area contributed by atoms with Gasteiger partial charge in [0.2, 0.25) is 0 Å². The van der Waals surface area contributed by atoms with Gasteiger partial charge < -0.3 is 5.11 Å². The molecule has 0 fully saturated rings. The molecule has 1 nitrogen and oxygen atoms in total. The molecule has 0 aromatic heterocycles. The van der Waals surface area contributed by atoms with E-state index in [2.05, 4.69) is 45.0 Å². The molecule has 0 amide bonds. The third kappa shape index (κ3) is 8.08. The van der Waals surface area contributed by atoms with E-state index in [1.807, 2.05) is 6.92 Å². The van der Waals surface area contributed by atoms with Crippen molar-refractivity contribution in [2.45, 2.75) is 52.9 Å². The van der Waals surface area contributed by atoms with Gasteiger partial charge >= 0.3 is 0 Å². The molecule has 0 spiro atoms. The van der Waals surface area contributed by atoms with Gasteiger partial charge in [0.1, 0.15) is 8.07 Å². The highest BCUT2D eigenvalue weighted by Gasteiger charge is 2.18. The molecule has 0 rings (SSSR count). The van der Waals surface area contributed by atoms with Crippen LogP contribution in [0.2, 0.25) is 19.6 Å². The summed E-state index contributed by atoms with van der Waals surface area (Å²) in [6, 6.07) is 0. The fraction of sp³-hybridized carbons (Fsp3) is 0.818. The quantitative estimate of drug-likeness (QED) is 0.534. The fourth-order valence-corrected chi connectivity index (χ4v) is 1.86. The van der Waals surface area contributed by atoms with Gasteiger partial charge in [-0.2, -0.15) is 0 Å². The molecule has 0 aliphatic heterocycles. The van der Waals surface area contributed by atoms with Crippen LogP contribution in [-0.4, -0.2) is 19.3 Å². The zero-order chi connectivity index (χ0) is 10.7. The van der Waals surface area contributed by atoms with Crippen molar-refractivity contribution >= 4 is 8.07 Å². The van der Waals surface area contributed by atoms with Gasteiger partial charge in [0.15, 0.2) is 0 Å². The molecule has 0 heterocycles. The minimum absolute atomic E-state index is 0.0472. The molecule has 0 bridgehead atoms. The largest absolute Gasteiger partial charge is 0.393 e. The van der Waals surface area contributed by atoms with E-state index in [9.17, 15) is 5.11 Å². The zero-order valence-corrected chi connectivity index (χ0v) is 10.7. The first-order chi connectivity index (χ1) is 5.62. The van der Waals surface area contributed by atoms with Crippen molar-refractivity contribution in [2.24, 2.45) is 5.41 Å². The first kappa shape index (κ1) is 12.7. The van der Waals surface area contributed by atoms with Crippen molar-refractivity contribution in [3.8, 4) is 11.5 Å². The summed E-state index contributed by atoms with van der Waals surface area (Å²) in [7, 11) is -1.26. The maximum atomic E-state index is 9.26. The van der Waals surface area contributed by atoms with Crippen LogP contribution in [0, 0.1) is 16.9 Å². The van der Waals surface area contributed by atoms with Gasteiger partial charge in [-0.3, -0.25) is 0 Å². The average molecular weight is 198 g/mol. The van der Waals surface area contributed by atoms with Crippen molar-refractivity contribution < 1.29 is 5.11 Å². The summed E-state index contributed by atoms with van der Waals surface area (Å²) in [6.45, 7) is 12.7. The number of aliphatic hydroxyl groups is 1. The molecule has 0 saturated heterocycles. The van der Waals surface area contributed by atoms with E-state index >= 15 is 0 Å². The lowest BCUT2D eigenvalue weighted by Crippen LogP contribution is -2.21. The molecule has 0 radical (unpaired) electrons. The summed E-state index contributed by atoms with van der Waals surface area (Å²) in [4.78, 5) is 0. The monoisotopic (exact) mass is 198 g/mol. The van der Waals surface area contributed by atoms with Crippen LogP contribution in [-0.2, 0) is 0 Å². The van der Waals surface area contributed by atoms with Gasteiger partial charge in [0.25, 0.3) is 0 Å². The molecular weight excluding hydrogens is 176 g/mol. The summed E-state index contributed by atoms with van der Waals surface area (Å²) in [5.74, 6) is 3.28. The maximum Gasteiger partial charge on any atom is 0.129 e. The summed E-state index contributed by atoms with van der Waals surface area (Å²) in [5.41, 5.74) is 3.30. The summed E-state index contributed by atoms with van der Waals surface area (Å²) >= 11 is 0. The Morgan fingerprint density at radius 2 is 1.77 bits per heavy atom. The SMILES string of the molecule is CC(O)CC(C)(C)C#C[Si](C)(C)C. The van der Waals surface area contributed by atoms with Crippen molar-refractivity contribution in [1.82, 2.24) is 0 Å². The molecule has 0 aliphatic rings. The summed E-state index contributed by atoms with van der Waals surface area (Å²) in [6.07, 6.45) is 0.496. The smallest absolute Gasteiger partial charge is 0.129 e. The Balaban J connectivity index is 4.38. The van der Waals surface area contributed by atoms with E-state index in [-0.39, 0.29) is 11.5 Å². The lowest BCUT2D eigenvalue weighted by Gasteiger charge is -2.20.